The molecule has 1 aromatic rings. The zero-order valence-electron chi connectivity index (χ0n) is 19.8. The first-order valence-electron chi connectivity index (χ1n) is 11.5. The van der Waals surface area contributed by atoms with Crippen LogP contribution in [0, 0.1) is 5.41 Å². The third kappa shape index (κ3) is 2.48. The molecule has 0 radical (unpaired) electrons. The number of methoxy groups -OCH3 is 2. The van der Waals surface area contributed by atoms with Crippen molar-refractivity contribution in [1.29, 1.82) is 0 Å². The number of rotatable bonds is 4. The van der Waals surface area contributed by atoms with Crippen molar-refractivity contribution in [3.05, 3.63) is 35.9 Å². The first-order chi connectivity index (χ1) is 15.7. The number of likely N-dealkylation sites (N-methyl/N-ethyl adjacent to an activating group) is 1. The predicted molar refractivity (Wildman–Crippen MR) is 121 cm³/mol. The van der Waals surface area contributed by atoms with E-state index in [1.165, 1.54) is 14.0 Å². The molecule has 0 bridgehead atoms. The van der Waals surface area contributed by atoms with E-state index in [0.29, 0.717) is 12.2 Å². The second kappa shape index (κ2) is 7.21. The Hall–Kier alpha value is -2.58. The van der Waals surface area contributed by atoms with Gasteiger partial charge in [0.1, 0.15) is 5.75 Å². The molecule has 1 N–H and O–H groups in total. The molecular weight excluding hydrogens is 424 g/mol. The van der Waals surface area contributed by atoms with E-state index in [-0.39, 0.29) is 6.04 Å². The first kappa shape index (κ1) is 22.2. The van der Waals surface area contributed by atoms with Crippen LogP contribution >= 0.6 is 0 Å². The Morgan fingerprint density at radius 1 is 1.24 bits per heavy atom. The number of hydrogen-bond acceptors (Lipinski definition) is 8. The van der Waals surface area contributed by atoms with Crippen molar-refractivity contribution in [3.63, 3.8) is 0 Å². The number of hydrogen-bond donors (Lipinski definition) is 1. The quantitative estimate of drug-likeness (QED) is 0.541. The highest BCUT2D eigenvalue weighted by Gasteiger charge is 2.80. The van der Waals surface area contributed by atoms with E-state index in [9.17, 15) is 14.7 Å². The topological polar surface area (TPSA) is 88.5 Å². The number of carbonyl (C=O) groups excluding carboxylic acids is 2. The van der Waals surface area contributed by atoms with Crippen molar-refractivity contribution < 1.29 is 28.9 Å². The van der Waals surface area contributed by atoms with Gasteiger partial charge in [0.25, 0.3) is 0 Å². The lowest BCUT2D eigenvalue weighted by molar-refractivity contribution is -0.228. The number of benzene rings is 1. The smallest absolute Gasteiger partial charge is 0.344 e. The first-order valence-corrected chi connectivity index (χ1v) is 11.5. The van der Waals surface area contributed by atoms with Gasteiger partial charge < -0.3 is 24.2 Å². The van der Waals surface area contributed by atoms with Crippen LogP contribution < -0.4 is 9.64 Å². The number of aliphatic hydroxyl groups is 1. The number of nitrogens with zero attached hydrogens (tertiary/aromatic N) is 2. The van der Waals surface area contributed by atoms with E-state index in [4.69, 9.17) is 14.2 Å². The highest BCUT2D eigenvalue weighted by Crippen LogP contribution is 2.67. The Labute approximate surface area is 194 Å². The normalized spacial score (nSPS) is 38.4. The van der Waals surface area contributed by atoms with E-state index >= 15 is 0 Å². The Morgan fingerprint density at radius 3 is 2.64 bits per heavy atom. The number of carbonyl (C=O) groups is 2. The van der Waals surface area contributed by atoms with Gasteiger partial charge in [-0.1, -0.05) is 25.1 Å². The zero-order chi connectivity index (χ0) is 23.8. The molecule has 3 heterocycles. The summed E-state index contributed by atoms with van der Waals surface area (Å²) in [7, 11) is 4.77. The van der Waals surface area contributed by atoms with E-state index in [1.54, 1.807) is 7.11 Å². The van der Waals surface area contributed by atoms with Crippen molar-refractivity contribution in [2.75, 3.05) is 39.3 Å². The fourth-order valence-corrected chi connectivity index (χ4v) is 7.68. The summed E-state index contributed by atoms with van der Waals surface area (Å²) in [6.45, 7) is 4.94. The van der Waals surface area contributed by atoms with Crippen LogP contribution in [-0.2, 0) is 24.5 Å². The minimum absolute atomic E-state index is 0.0589. The molecule has 33 heavy (non-hydrogen) atoms. The van der Waals surface area contributed by atoms with Gasteiger partial charge in [-0.25, -0.2) is 4.79 Å². The second-order valence-electron chi connectivity index (χ2n) is 9.76. The van der Waals surface area contributed by atoms with Crippen molar-refractivity contribution >= 4 is 17.6 Å². The van der Waals surface area contributed by atoms with Crippen LogP contribution in [0.1, 0.15) is 32.3 Å². The SMILES string of the molecule is CC[C@]12C=CCN3CC[C@@]4(c5ccc(OC)cc5N(C)[C@H]4[C@@](O)(C(=O)OC)[C@@H]1OC(C)=O)[C@@H]32. The third-order valence-electron chi connectivity index (χ3n) is 8.62. The van der Waals surface area contributed by atoms with Gasteiger partial charge in [-0.15, -0.1) is 0 Å². The molecule has 8 heteroatoms. The van der Waals surface area contributed by atoms with E-state index < -0.39 is 40.5 Å². The summed E-state index contributed by atoms with van der Waals surface area (Å²) in [4.78, 5) is 30.2. The standard InChI is InChI=1S/C25H32N2O6/c1-6-23-10-7-12-27-13-11-24(19(23)27)17-9-8-16(31-4)14-18(17)26(3)20(24)25(30,22(29)32-5)21(23)33-15(2)28/h7-10,14,19-21,30H,6,11-13H2,1-5H3/t19-,20+,21+,23+,24+,25-/m0/s1. The summed E-state index contributed by atoms with van der Waals surface area (Å²) in [5.74, 6) is -0.617. The molecule has 178 valence electrons. The lowest BCUT2D eigenvalue weighted by atomic mass is 9.47. The lowest BCUT2D eigenvalue weighted by Gasteiger charge is -2.63. The highest BCUT2D eigenvalue weighted by atomic mass is 16.6. The van der Waals surface area contributed by atoms with Crippen LogP contribution in [0.2, 0.25) is 0 Å². The lowest BCUT2D eigenvalue weighted by Crippen LogP contribution is -2.81. The summed E-state index contributed by atoms with van der Waals surface area (Å²) < 4.78 is 16.6. The van der Waals surface area contributed by atoms with Gasteiger partial charge in [0.2, 0.25) is 5.60 Å². The van der Waals surface area contributed by atoms with Crippen LogP contribution in [-0.4, -0.2) is 80.1 Å². The largest absolute Gasteiger partial charge is 0.497 e. The summed E-state index contributed by atoms with van der Waals surface area (Å²) in [5.41, 5.74) is -1.41. The molecule has 0 aromatic heterocycles. The highest BCUT2D eigenvalue weighted by molar-refractivity contribution is 5.87. The molecule has 5 rings (SSSR count). The van der Waals surface area contributed by atoms with Crippen LogP contribution in [0.15, 0.2) is 30.4 Å². The van der Waals surface area contributed by atoms with Gasteiger partial charge >= 0.3 is 11.9 Å². The third-order valence-corrected chi connectivity index (χ3v) is 8.62. The summed E-state index contributed by atoms with van der Waals surface area (Å²) in [5, 5.41) is 12.5. The van der Waals surface area contributed by atoms with Gasteiger partial charge in [-0.05, 0) is 31.0 Å². The molecule has 1 aliphatic carbocycles. The van der Waals surface area contributed by atoms with Gasteiger partial charge in [0.05, 0.1) is 20.3 Å². The molecule has 6 atom stereocenters. The molecule has 4 aliphatic rings. The van der Waals surface area contributed by atoms with Crippen molar-refractivity contribution in [1.82, 2.24) is 4.90 Å². The maximum absolute atomic E-state index is 13.5. The average molecular weight is 457 g/mol. The maximum Gasteiger partial charge on any atom is 0.344 e. The maximum atomic E-state index is 13.5. The molecule has 2 fully saturated rings. The van der Waals surface area contributed by atoms with Gasteiger partial charge in [0.15, 0.2) is 6.10 Å². The Morgan fingerprint density at radius 2 is 2.00 bits per heavy atom. The average Bonchev–Trinajstić information content (AvgIpc) is 3.32. The number of anilines is 1. The number of fused-ring (bicyclic) bond motifs is 1. The van der Waals surface area contributed by atoms with Gasteiger partial charge in [0, 0.05) is 49.1 Å². The van der Waals surface area contributed by atoms with Crippen LogP contribution in [0.5, 0.6) is 5.75 Å². The summed E-state index contributed by atoms with van der Waals surface area (Å²) >= 11 is 0. The van der Waals surface area contributed by atoms with Gasteiger partial charge in [-0.3, -0.25) is 9.69 Å². The molecule has 0 amide bonds. The molecular formula is C25H32N2O6. The fourth-order valence-electron chi connectivity index (χ4n) is 7.68. The summed E-state index contributed by atoms with van der Waals surface area (Å²) in [6.07, 6.45) is 4.40. The van der Waals surface area contributed by atoms with E-state index in [2.05, 4.69) is 23.1 Å². The Balaban J connectivity index is 1.86. The van der Waals surface area contributed by atoms with Crippen LogP contribution in [0.25, 0.3) is 0 Å². The molecule has 0 unspecified atom stereocenters. The number of ether oxygens (including phenoxy) is 3. The monoisotopic (exact) mass is 456 g/mol. The van der Waals surface area contributed by atoms with Gasteiger partial charge in [-0.2, -0.15) is 0 Å². The second-order valence-corrected chi connectivity index (χ2v) is 9.76. The zero-order valence-corrected chi connectivity index (χ0v) is 19.8. The molecule has 8 nitrogen and oxygen atoms in total. The molecule has 3 aliphatic heterocycles. The summed E-state index contributed by atoms with van der Waals surface area (Å²) in [6, 6.07) is 5.22. The van der Waals surface area contributed by atoms with Crippen LogP contribution in [0.3, 0.4) is 0 Å². The number of esters is 2. The van der Waals surface area contributed by atoms with Crippen LogP contribution in [0.4, 0.5) is 5.69 Å². The molecule has 1 aromatic carbocycles. The fraction of sp³-hybridized carbons (Fsp3) is 0.600. The predicted octanol–water partition coefficient (Wildman–Crippen LogP) is 1.64. The Kier molecular flexibility index (Phi) is 4.85. The molecule has 1 saturated heterocycles. The van der Waals surface area contributed by atoms with Crippen molar-refractivity contribution in [2.45, 2.75) is 55.9 Å². The minimum Gasteiger partial charge on any atom is -0.497 e. The molecule has 1 saturated carbocycles. The van der Waals surface area contributed by atoms with Crippen molar-refractivity contribution in [2.24, 2.45) is 5.41 Å². The van der Waals surface area contributed by atoms with Crippen molar-refractivity contribution in [3.8, 4) is 5.75 Å². The minimum atomic E-state index is -2.08. The molecule has 1 spiro atoms. The Bertz CT molecular complexity index is 1040. The van der Waals surface area contributed by atoms with E-state index in [1.807, 2.05) is 31.0 Å². The van der Waals surface area contributed by atoms with E-state index in [0.717, 1.165) is 30.8 Å².